The van der Waals surface area contributed by atoms with Crippen LogP contribution in [0.5, 0.6) is 0 Å². The van der Waals surface area contributed by atoms with Gasteiger partial charge in [0.1, 0.15) is 11.5 Å². The summed E-state index contributed by atoms with van der Waals surface area (Å²) in [4.78, 5) is 19.3. The number of nitrogens with zero attached hydrogens (tertiary/aromatic N) is 2. The molecular formula is C10H16N4O2. The SMILES string of the molecule is COC(C)(C)CNC(=O)c1cncc(N)n1. The molecule has 16 heavy (non-hydrogen) atoms. The van der Waals surface area contributed by atoms with E-state index in [2.05, 4.69) is 15.3 Å². The minimum atomic E-state index is -0.413. The van der Waals surface area contributed by atoms with Gasteiger partial charge in [-0.2, -0.15) is 0 Å². The second kappa shape index (κ2) is 4.89. The molecule has 0 unspecified atom stereocenters. The maximum atomic E-state index is 11.6. The van der Waals surface area contributed by atoms with Crippen LogP contribution in [0.1, 0.15) is 24.3 Å². The van der Waals surface area contributed by atoms with Crippen LogP contribution in [-0.2, 0) is 4.74 Å². The molecule has 1 amide bonds. The van der Waals surface area contributed by atoms with E-state index in [0.29, 0.717) is 6.54 Å². The predicted octanol–water partition coefficient (Wildman–Crippen LogP) is 0.214. The third kappa shape index (κ3) is 3.47. The van der Waals surface area contributed by atoms with Crippen LogP contribution in [0.2, 0.25) is 0 Å². The van der Waals surface area contributed by atoms with E-state index < -0.39 is 5.60 Å². The van der Waals surface area contributed by atoms with Gasteiger partial charge in [-0.3, -0.25) is 9.78 Å². The topological polar surface area (TPSA) is 90.1 Å². The van der Waals surface area contributed by atoms with Gasteiger partial charge in [-0.25, -0.2) is 4.98 Å². The fraction of sp³-hybridized carbons (Fsp3) is 0.500. The molecular weight excluding hydrogens is 208 g/mol. The molecule has 0 atom stereocenters. The number of ether oxygens (including phenoxy) is 1. The van der Waals surface area contributed by atoms with Crippen LogP contribution < -0.4 is 11.1 Å². The Morgan fingerprint density at radius 2 is 2.25 bits per heavy atom. The van der Waals surface area contributed by atoms with Crippen molar-refractivity contribution in [2.75, 3.05) is 19.4 Å². The van der Waals surface area contributed by atoms with Crippen LogP contribution in [0.15, 0.2) is 12.4 Å². The second-order valence-corrected chi connectivity index (χ2v) is 3.98. The van der Waals surface area contributed by atoms with Crippen LogP contribution in [0.4, 0.5) is 5.82 Å². The average molecular weight is 224 g/mol. The molecule has 0 fully saturated rings. The molecule has 1 aromatic rings. The smallest absolute Gasteiger partial charge is 0.271 e. The Hall–Kier alpha value is -1.69. The first-order valence-electron chi connectivity index (χ1n) is 4.85. The van der Waals surface area contributed by atoms with Crippen LogP contribution in [0.25, 0.3) is 0 Å². The summed E-state index contributed by atoms with van der Waals surface area (Å²) in [6, 6.07) is 0. The lowest BCUT2D eigenvalue weighted by molar-refractivity contribution is 0.0228. The Labute approximate surface area is 94.2 Å². The number of nitrogen functional groups attached to an aromatic ring is 1. The van der Waals surface area contributed by atoms with Crippen LogP contribution in [0.3, 0.4) is 0 Å². The third-order valence-electron chi connectivity index (χ3n) is 2.11. The number of anilines is 1. The maximum Gasteiger partial charge on any atom is 0.271 e. The number of amides is 1. The highest BCUT2D eigenvalue weighted by atomic mass is 16.5. The van der Waals surface area contributed by atoms with Crippen molar-refractivity contribution in [2.45, 2.75) is 19.4 Å². The van der Waals surface area contributed by atoms with Crippen molar-refractivity contribution in [3.63, 3.8) is 0 Å². The number of methoxy groups -OCH3 is 1. The number of carbonyl (C=O) groups is 1. The molecule has 0 saturated heterocycles. The Kier molecular flexibility index (Phi) is 3.78. The van der Waals surface area contributed by atoms with Gasteiger partial charge in [-0.1, -0.05) is 0 Å². The quantitative estimate of drug-likeness (QED) is 0.763. The maximum absolute atomic E-state index is 11.6. The number of carbonyl (C=O) groups excluding carboxylic acids is 1. The van der Waals surface area contributed by atoms with Crippen molar-refractivity contribution in [1.29, 1.82) is 0 Å². The first-order chi connectivity index (χ1) is 7.44. The molecule has 0 spiro atoms. The van der Waals surface area contributed by atoms with Crippen molar-refractivity contribution in [1.82, 2.24) is 15.3 Å². The number of nitrogens with one attached hydrogen (secondary N) is 1. The van der Waals surface area contributed by atoms with E-state index >= 15 is 0 Å². The molecule has 1 heterocycles. The summed E-state index contributed by atoms with van der Waals surface area (Å²) in [6.45, 7) is 4.13. The fourth-order valence-corrected chi connectivity index (χ4v) is 0.946. The van der Waals surface area contributed by atoms with E-state index in [9.17, 15) is 4.79 Å². The summed E-state index contributed by atoms with van der Waals surface area (Å²) < 4.78 is 5.17. The summed E-state index contributed by atoms with van der Waals surface area (Å²) in [6.07, 6.45) is 2.75. The van der Waals surface area contributed by atoms with E-state index in [-0.39, 0.29) is 17.4 Å². The molecule has 3 N–H and O–H groups in total. The summed E-state index contributed by atoms with van der Waals surface area (Å²) >= 11 is 0. The number of rotatable bonds is 4. The van der Waals surface area contributed by atoms with Crippen LogP contribution in [0, 0.1) is 0 Å². The monoisotopic (exact) mass is 224 g/mol. The molecule has 0 bridgehead atoms. The molecule has 0 radical (unpaired) electrons. The molecule has 0 aliphatic carbocycles. The highest BCUT2D eigenvalue weighted by molar-refractivity contribution is 5.92. The van der Waals surface area contributed by atoms with Crippen LogP contribution >= 0.6 is 0 Å². The van der Waals surface area contributed by atoms with E-state index in [1.807, 2.05) is 13.8 Å². The van der Waals surface area contributed by atoms with Gasteiger partial charge in [0.2, 0.25) is 0 Å². The third-order valence-corrected chi connectivity index (χ3v) is 2.11. The van der Waals surface area contributed by atoms with Gasteiger partial charge in [-0.05, 0) is 13.8 Å². The van der Waals surface area contributed by atoms with E-state index in [0.717, 1.165) is 0 Å². The standard InChI is InChI=1S/C10H16N4O2/c1-10(2,16-3)6-13-9(15)7-4-12-5-8(11)14-7/h4-5H,6H2,1-3H3,(H2,11,14)(H,13,15). The zero-order valence-electron chi connectivity index (χ0n) is 9.65. The van der Waals surface area contributed by atoms with Crippen molar-refractivity contribution < 1.29 is 9.53 Å². The lowest BCUT2D eigenvalue weighted by atomic mass is 10.1. The molecule has 88 valence electrons. The zero-order chi connectivity index (χ0) is 12.2. The number of nitrogens with two attached hydrogens (primary N) is 1. The van der Waals surface area contributed by atoms with E-state index in [4.69, 9.17) is 10.5 Å². The Morgan fingerprint density at radius 1 is 1.56 bits per heavy atom. The largest absolute Gasteiger partial charge is 0.382 e. The zero-order valence-corrected chi connectivity index (χ0v) is 9.65. The molecule has 0 saturated carbocycles. The minimum Gasteiger partial charge on any atom is -0.382 e. The van der Waals surface area contributed by atoms with Crippen molar-refractivity contribution in [3.05, 3.63) is 18.1 Å². The number of hydrogen-bond donors (Lipinski definition) is 2. The van der Waals surface area contributed by atoms with Crippen molar-refractivity contribution in [2.24, 2.45) is 0 Å². The molecule has 0 aromatic carbocycles. The fourth-order valence-electron chi connectivity index (χ4n) is 0.946. The number of hydrogen-bond acceptors (Lipinski definition) is 5. The first-order valence-corrected chi connectivity index (χ1v) is 4.85. The van der Waals surface area contributed by atoms with Crippen molar-refractivity contribution >= 4 is 11.7 Å². The number of aromatic nitrogens is 2. The summed E-state index contributed by atoms with van der Waals surface area (Å²) in [5.74, 6) is -0.0939. The van der Waals surface area contributed by atoms with Gasteiger partial charge in [0, 0.05) is 13.7 Å². The van der Waals surface area contributed by atoms with Gasteiger partial charge in [0.15, 0.2) is 0 Å². The highest BCUT2D eigenvalue weighted by Crippen LogP contribution is 2.05. The predicted molar refractivity (Wildman–Crippen MR) is 59.9 cm³/mol. The highest BCUT2D eigenvalue weighted by Gasteiger charge is 2.18. The first kappa shape index (κ1) is 12.4. The van der Waals surface area contributed by atoms with E-state index in [1.54, 1.807) is 7.11 Å². The van der Waals surface area contributed by atoms with Crippen LogP contribution in [-0.4, -0.2) is 35.1 Å². The Bertz CT molecular complexity index is 379. The van der Waals surface area contributed by atoms with Gasteiger partial charge in [-0.15, -0.1) is 0 Å². The molecule has 6 heteroatoms. The van der Waals surface area contributed by atoms with Gasteiger partial charge >= 0.3 is 0 Å². The molecule has 1 aromatic heterocycles. The molecule has 6 nitrogen and oxygen atoms in total. The summed E-state index contributed by atoms with van der Waals surface area (Å²) in [5.41, 5.74) is 5.21. The lowest BCUT2D eigenvalue weighted by Crippen LogP contribution is -2.40. The van der Waals surface area contributed by atoms with Gasteiger partial charge in [0.05, 0.1) is 18.0 Å². The average Bonchev–Trinajstić information content (AvgIpc) is 2.26. The Morgan fingerprint density at radius 3 is 2.81 bits per heavy atom. The van der Waals surface area contributed by atoms with Gasteiger partial charge < -0.3 is 15.8 Å². The minimum absolute atomic E-state index is 0.201. The molecule has 1 rings (SSSR count). The van der Waals surface area contributed by atoms with Gasteiger partial charge in [0.25, 0.3) is 5.91 Å². The Balaban J connectivity index is 2.60. The molecule has 0 aliphatic heterocycles. The molecule has 0 aliphatic rings. The normalized spacial score (nSPS) is 11.2. The van der Waals surface area contributed by atoms with Crippen molar-refractivity contribution in [3.8, 4) is 0 Å². The second-order valence-electron chi connectivity index (χ2n) is 3.98. The van der Waals surface area contributed by atoms with E-state index in [1.165, 1.54) is 12.4 Å². The summed E-state index contributed by atoms with van der Waals surface area (Å²) in [5, 5.41) is 2.70. The summed E-state index contributed by atoms with van der Waals surface area (Å²) in [7, 11) is 1.59. The lowest BCUT2D eigenvalue weighted by Gasteiger charge is -2.22.